The maximum absolute atomic E-state index is 13.9. The number of hydrogen-bond donors (Lipinski definition) is 1. The zero-order chi connectivity index (χ0) is 19.1. The van der Waals surface area contributed by atoms with Crippen molar-refractivity contribution >= 4 is 17.5 Å². The van der Waals surface area contributed by atoms with Gasteiger partial charge in [-0.15, -0.1) is 0 Å². The predicted octanol–water partition coefficient (Wildman–Crippen LogP) is 2.53. The summed E-state index contributed by atoms with van der Waals surface area (Å²) in [7, 11) is 0. The van der Waals surface area contributed by atoms with Gasteiger partial charge in [0.05, 0.1) is 13.2 Å². The van der Waals surface area contributed by atoms with Crippen molar-refractivity contribution in [2.24, 2.45) is 5.92 Å². The molecule has 0 bridgehead atoms. The van der Waals surface area contributed by atoms with Gasteiger partial charge in [-0.05, 0) is 51.0 Å². The first-order chi connectivity index (χ1) is 13.1. The molecule has 5 nitrogen and oxygen atoms in total. The Morgan fingerprint density at radius 3 is 2.63 bits per heavy atom. The average molecular weight is 398 g/mol. The number of hydrogen-bond acceptors (Lipinski definition) is 4. The summed E-state index contributed by atoms with van der Waals surface area (Å²) >= 11 is 6.11. The highest BCUT2D eigenvalue weighted by atomic mass is 35.5. The number of ether oxygens (including phenoxy) is 1. The molecule has 1 aromatic carbocycles. The Balaban J connectivity index is 1.34. The minimum Gasteiger partial charge on any atom is -0.379 e. The van der Waals surface area contributed by atoms with Gasteiger partial charge in [-0.25, -0.2) is 4.39 Å². The topological polar surface area (TPSA) is 44.8 Å². The van der Waals surface area contributed by atoms with Gasteiger partial charge >= 0.3 is 0 Å². The van der Waals surface area contributed by atoms with Gasteiger partial charge in [-0.2, -0.15) is 0 Å². The van der Waals surface area contributed by atoms with E-state index in [1.165, 1.54) is 6.07 Å². The van der Waals surface area contributed by atoms with Crippen molar-refractivity contribution in [1.29, 1.82) is 0 Å². The molecule has 2 aliphatic heterocycles. The number of benzene rings is 1. The van der Waals surface area contributed by atoms with Crippen molar-refractivity contribution in [1.82, 2.24) is 15.1 Å². The first kappa shape index (κ1) is 20.5. The van der Waals surface area contributed by atoms with Crippen LogP contribution in [0.15, 0.2) is 18.2 Å². The highest BCUT2D eigenvalue weighted by Gasteiger charge is 2.25. The molecule has 1 aromatic rings. The number of nitrogens with zero attached hydrogens (tertiary/aromatic N) is 2. The lowest BCUT2D eigenvalue weighted by Crippen LogP contribution is -2.41. The SMILES string of the molecule is O=C(NCCCN1CCOCC1)C1CCN(Cc2c(F)cccc2Cl)CC1. The second kappa shape index (κ2) is 10.4. The van der Waals surface area contributed by atoms with Gasteiger partial charge < -0.3 is 10.1 Å². The molecule has 7 heteroatoms. The van der Waals surface area contributed by atoms with E-state index >= 15 is 0 Å². The fraction of sp³-hybridized carbons (Fsp3) is 0.650. The Kier molecular flexibility index (Phi) is 7.88. The molecule has 27 heavy (non-hydrogen) atoms. The molecule has 0 unspecified atom stereocenters. The van der Waals surface area contributed by atoms with Crippen LogP contribution in [0.5, 0.6) is 0 Å². The highest BCUT2D eigenvalue weighted by molar-refractivity contribution is 6.31. The number of carbonyl (C=O) groups excluding carboxylic acids is 1. The van der Waals surface area contributed by atoms with E-state index in [0.717, 1.165) is 71.7 Å². The van der Waals surface area contributed by atoms with Crippen LogP contribution in [0.4, 0.5) is 4.39 Å². The molecule has 2 saturated heterocycles. The van der Waals surface area contributed by atoms with Gasteiger partial charge in [0.15, 0.2) is 0 Å². The molecule has 0 aromatic heterocycles. The maximum atomic E-state index is 13.9. The van der Waals surface area contributed by atoms with E-state index in [9.17, 15) is 9.18 Å². The molecule has 1 amide bonds. The molecule has 1 N–H and O–H groups in total. The lowest BCUT2D eigenvalue weighted by atomic mass is 9.95. The summed E-state index contributed by atoms with van der Waals surface area (Å²) in [5.74, 6) is -0.0519. The number of carbonyl (C=O) groups is 1. The molecule has 2 fully saturated rings. The molecule has 2 aliphatic rings. The number of nitrogens with one attached hydrogen (secondary N) is 1. The molecule has 150 valence electrons. The molecule has 0 spiro atoms. The van der Waals surface area contributed by atoms with Gasteiger partial charge in [-0.1, -0.05) is 17.7 Å². The van der Waals surface area contributed by atoms with E-state index in [1.54, 1.807) is 12.1 Å². The minimum absolute atomic E-state index is 0.0562. The van der Waals surface area contributed by atoms with Gasteiger partial charge in [0.25, 0.3) is 0 Å². The third kappa shape index (κ3) is 6.14. The Labute approximate surface area is 165 Å². The normalized spacial score (nSPS) is 19.9. The summed E-state index contributed by atoms with van der Waals surface area (Å²) in [4.78, 5) is 16.9. The van der Waals surface area contributed by atoms with Gasteiger partial charge in [-0.3, -0.25) is 14.6 Å². The summed E-state index contributed by atoms with van der Waals surface area (Å²) in [5.41, 5.74) is 0.546. The number of rotatable bonds is 7. The maximum Gasteiger partial charge on any atom is 0.223 e. The second-order valence-corrected chi connectivity index (χ2v) is 7.76. The van der Waals surface area contributed by atoms with Crippen LogP contribution in [0.2, 0.25) is 5.02 Å². The smallest absolute Gasteiger partial charge is 0.223 e. The number of halogens is 2. The summed E-state index contributed by atoms with van der Waals surface area (Å²) in [6.45, 7) is 7.39. The van der Waals surface area contributed by atoms with Gasteiger partial charge in [0.2, 0.25) is 5.91 Å². The first-order valence-electron chi connectivity index (χ1n) is 9.86. The number of morpholine rings is 1. The van der Waals surface area contributed by atoms with Crippen molar-refractivity contribution in [3.63, 3.8) is 0 Å². The monoisotopic (exact) mass is 397 g/mol. The Hall–Kier alpha value is -1.21. The van der Waals surface area contributed by atoms with Crippen molar-refractivity contribution in [3.8, 4) is 0 Å². The second-order valence-electron chi connectivity index (χ2n) is 7.35. The van der Waals surface area contributed by atoms with E-state index in [1.807, 2.05) is 0 Å². The largest absolute Gasteiger partial charge is 0.379 e. The quantitative estimate of drug-likeness (QED) is 0.718. The summed E-state index contributed by atoms with van der Waals surface area (Å²) in [5, 5.41) is 3.55. The zero-order valence-electron chi connectivity index (χ0n) is 15.8. The molecule has 0 radical (unpaired) electrons. The van der Waals surface area contributed by atoms with Crippen molar-refractivity contribution in [3.05, 3.63) is 34.6 Å². The van der Waals surface area contributed by atoms with Crippen molar-refractivity contribution in [2.75, 3.05) is 52.5 Å². The number of piperidine rings is 1. The predicted molar refractivity (Wildman–Crippen MR) is 104 cm³/mol. The molecule has 0 aliphatic carbocycles. The van der Waals surface area contributed by atoms with E-state index in [0.29, 0.717) is 17.1 Å². The zero-order valence-corrected chi connectivity index (χ0v) is 16.5. The lowest BCUT2D eigenvalue weighted by molar-refractivity contribution is -0.126. The number of likely N-dealkylation sites (tertiary alicyclic amines) is 1. The van der Waals surface area contributed by atoms with Crippen LogP contribution in [0.1, 0.15) is 24.8 Å². The summed E-state index contributed by atoms with van der Waals surface area (Å²) in [6.07, 6.45) is 2.58. The third-order valence-corrected chi connectivity index (χ3v) is 5.81. The molecular formula is C20H29ClFN3O2. The lowest BCUT2D eigenvalue weighted by Gasteiger charge is -2.31. The van der Waals surface area contributed by atoms with E-state index in [2.05, 4.69) is 15.1 Å². The van der Waals surface area contributed by atoms with Crippen LogP contribution in [-0.2, 0) is 16.1 Å². The third-order valence-electron chi connectivity index (χ3n) is 5.46. The standard InChI is InChI=1S/C20H29ClFN3O2/c21-18-3-1-4-19(22)17(18)15-25-9-5-16(6-10-25)20(26)23-7-2-8-24-11-13-27-14-12-24/h1,3-4,16H,2,5-15H2,(H,23,26). The molecular weight excluding hydrogens is 369 g/mol. The highest BCUT2D eigenvalue weighted by Crippen LogP contribution is 2.24. The Morgan fingerprint density at radius 1 is 1.19 bits per heavy atom. The van der Waals surface area contributed by atoms with Crippen LogP contribution in [0.3, 0.4) is 0 Å². The van der Waals surface area contributed by atoms with E-state index < -0.39 is 0 Å². The minimum atomic E-state index is -0.261. The van der Waals surface area contributed by atoms with E-state index in [4.69, 9.17) is 16.3 Å². The van der Waals surface area contributed by atoms with Gasteiger partial charge in [0, 0.05) is 42.7 Å². The summed E-state index contributed by atoms with van der Waals surface area (Å²) < 4.78 is 19.3. The number of amides is 1. The van der Waals surface area contributed by atoms with Crippen LogP contribution in [0.25, 0.3) is 0 Å². The van der Waals surface area contributed by atoms with Crippen LogP contribution < -0.4 is 5.32 Å². The molecule has 0 atom stereocenters. The van der Waals surface area contributed by atoms with E-state index in [-0.39, 0.29) is 17.6 Å². The van der Waals surface area contributed by atoms with Crippen LogP contribution in [-0.4, -0.2) is 68.2 Å². The Bertz CT molecular complexity index is 597. The first-order valence-corrected chi connectivity index (χ1v) is 10.2. The fourth-order valence-corrected chi connectivity index (χ4v) is 3.97. The fourth-order valence-electron chi connectivity index (χ4n) is 3.74. The molecule has 0 saturated carbocycles. The van der Waals surface area contributed by atoms with Crippen LogP contribution >= 0.6 is 11.6 Å². The van der Waals surface area contributed by atoms with Crippen molar-refractivity contribution in [2.45, 2.75) is 25.8 Å². The Morgan fingerprint density at radius 2 is 1.93 bits per heavy atom. The molecule has 3 rings (SSSR count). The van der Waals surface area contributed by atoms with Crippen molar-refractivity contribution < 1.29 is 13.9 Å². The molecule has 2 heterocycles. The average Bonchev–Trinajstić information content (AvgIpc) is 2.69. The summed E-state index contributed by atoms with van der Waals surface area (Å²) in [6, 6.07) is 4.78. The van der Waals surface area contributed by atoms with Crippen LogP contribution in [0, 0.1) is 11.7 Å². The van der Waals surface area contributed by atoms with Gasteiger partial charge in [0.1, 0.15) is 5.82 Å².